The largest absolute Gasteiger partial charge is 0.464 e. The van der Waals surface area contributed by atoms with Crippen molar-refractivity contribution in [1.82, 2.24) is 10.2 Å². The van der Waals surface area contributed by atoms with Gasteiger partial charge in [-0.25, -0.2) is 14.5 Å². The Balaban J connectivity index is 2.89. The molecule has 1 aromatic carbocycles. The number of nitrogens with one attached hydrogen (secondary N) is 2. The predicted molar refractivity (Wildman–Crippen MR) is 102 cm³/mol. The van der Waals surface area contributed by atoms with Gasteiger partial charge in [-0.3, -0.25) is 4.79 Å². The summed E-state index contributed by atoms with van der Waals surface area (Å²) in [5, 5.41) is 5.71. The summed E-state index contributed by atoms with van der Waals surface area (Å²) in [6.45, 7) is 6.91. The minimum Gasteiger partial charge on any atom is -0.464 e. The lowest BCUT2D eigenvalue weighted by Crippen LogP contribution is -2.50. The van der Waals surface area contributed by atoms with Crippen LogP contribution in [0.15, 0.2) is 18.2 Å². The first-order valence-corrected chi connectivity index (χ1v) is 8.84. The number of amides is 4. The van der Waals surface area contributed by atoms with Crippen LogP contribution in [-0.4, -0.2) is 42.1 Å². The van der Waals surface area contributed by atoms with E-state index >= 15 is 0 Å². The van der Waals surface area contributed by atoms with Crippen molar-refractivity contribution in [2.75, 3.05) is 18.5 Å². The van der Waals surface area contributed by atoms with Crippen LogP contribution in [0.1, 0.15) is 27.7 Å². The quantitative estimate of drug-likeness (QED) is 0.698. The molecule has 0 spiro atoms. The number of anilines is 1. The first-order valence-electron chi connectivity index (χ1n) is 8.09. The number of esters is 1. The fourth-order valence-corrected chi connectivity index (χ4v) is 2.34. The number of ether oxygens (including phenoxy) is 1. The van der Waals surface area contributed by atoms with Gasteiger partial charge in [0.1, 0.15) is 6.54 Å². The Kier molecular flexibility index (Phi) is 8.68. The van der Waals surface area contributed by atoms with Crippen molar-refractivity contribution in [2.24, 2.45) is 5.92 Å². The van der Waals surface area contributed by atoms with Crippen LogP contribution in [0.5, 0.6) is 0 Å². The molecule has 4 amide bonds. The van der Waals surface area contributed by atoms with Crippen molar-refractivity contribution in [2.45, 2.75) is 33.7 Å². The van der Waals surface area contributed by atoms with Crippen LogP contribution < -0.4 is 10.6 Å². The van der Waals surface area contributed by atoms with Gasteiger partial charge in [-0.2, -0.15) is 0 Å². The van der Waals surface area contributed by atoms with Crippen LogP contribution in [0.25, 0.3) is 0 Å². The van der Waals surface area contributed by atoms with Crippen molar-refractivity contribution in [3.8, 4) is 0 Å². The van der Waals surface area contributed by atoms with E-state index in [1.165, 1.54) is 18.2 Å². The molecule has 1 rings (SSSR count). The topological polar surface area (TPSA) is 87.7 Å². The Bertz CT molecular complexity index is 645. The third kappa shape index (κ3) is 7.93. The molecule has 0 heterocycles. The van der Waals surface area contributed by atoms with Gasteiger partial charge < -0.3 is 15.4 Å². The van der Waals surface area contributed by atoms with E-state index in [0.29, 0.717) is 15.7 Å². The molecule has 0 radical (unpaired) electrons. The standard InChI is InChI=1S/C17H23Cl2N3O4/c1-10(2)9-26-15(23)8-22(16(24)20-11(3)4)17(25)21-14-6-12(18)5-13(19)7-14/h5-7,10-11H,8-9H2,1-4H3,(H,20,24)(H,21,25). The molecule has 2 N–H and O–H groups in total. The van der Waals surface area contributed by atoms with Gasteiger partial charge >= 0.3 is 18.0 Å². The van der Waals surface area contributed by atoms with Crippen LogP contribution in [0.4, 0.5) is 15.3 Å². The highest BCUT2D eigenvalue weighted by Gasteiger charge is 2.26. The minimum absolute atomic E-state index is 0.138. The first-order chi connectivity index (χ1) is 12.1. The average Bonchev–Trinajstić information content (AvgIpc) is 2.48. The molecule has 0 saturated heterocycles. The number of benzene rings is 1. The number of nitrogens with zero attached hydrogens (tertiary/aromatic N) is 1. The number of halogens is 2. The molecule has 0 fully saturated rings. The zero-order valence-electron chi connectivity index (χ0n) is 15.1. The molecule has 0 aliphatic carbocycles. The van der Waals surface area contributed by atoms with Gasteiger partial charge in [0.15, 0.2) is 0 Å². The molecule has 0 unspecified atom stereocenters. The summed E-state index contributed by atoms with van der Waals surface area (Å²) in [5.41, 5.74) is 0.297. The molecule has 0 aliphatic heterocycles. The third-order valence-corrected chi connectivity index (χ3v) is 3.32. The molecule has 0 aromatic heterocycles. The van der Waals surface area contributed by atoms with Crippen LogP contribution in [0.2, 0.25) is 10.0 Å². The Hall–Kier alpha value is -1.99. The summed E-state index contributed by atoms with van der Waals surface area (Å²) in [4.78, 5) is 37.5. The van der Waals surface area contributed by atoms with Gasteiger partial charge in [0.2, 0.25) is 0 Å². The van der Waals surface area contributed by atoms with Crippen LogP contribution >= 0.6 is 23.2 Å². The zero-order chi connectivity index (χ0) is 19.9. The van der Waals surface area contributed by atoms with Gasteiger partial charge in [-0.1, -0.05) is 37.0 Å². The lowest BCUT2D eigenvalue weighted by atomic mass is 10.2. The summed E-state index contributed by atoms with van der Waals surface area (Å²) in [5.74, 6) is -0.545. The molecule has 1 aromatic rings. The highest BCUT2D eigenvalue weighted by atomic mass is 35.5. The Morgan fingerprint density at radius 3 is 2.12 bits per heavy atom. The summed E-state index contributed by atoms with van der Waals surface area (Å²) in [6.07, 6.45) is 0. The minimum atomic E-state index is -0.803. The Morgan fingerprint density at radius 1 is 1.04 bits per heavy atom. The van der Waals surface area contributed by atoms with E-state index in [0.717, 1.165) is 4.90 Å². The van der Waals surface area contributed by atoms with E-state index in [4.69, 9.17) is 27.9 Å². The first kappa shape index (κ1) is 22.1. The number of carbonyl (C=O) groups is 3. The number of hydrogen-bond acceptors (Lipinski definition) is 4. The fraction of sp³-hybridized carbons (Fsp3) is 0.471. The van der Waals surface area contributed by atoms with Crippen molar-refractivity contribution in [1.29, 1.82) is 0 Å². The number of hydrogen-bond donors (Lipinski definition) is 2. The van der Waals surface area contributed by atoms with Crippen molar-refractivity contribution in [3.05, 3.63) is 28.2 Å². The molecular weight excluding hydrogens is 381 g/mol. The zero-order valence-corrected chi connectivity index (χ0v) is 16.6. The van der Waals surface area contributed by atoms with Gasteiger partial charge in [-0.15, -0.1) is 0 Å². The van der Waals surface area contributed by atoms with Gasteiger partial charge in [-0.05, 0) is 38.0 Å². The van der Waals surface area contributed by atoms with E-state index in [2.05, 4.69) is 10.6 Å². The van der Waals surface area contributed by atoms with Crippen LogP contribution in [0.3, 0.4) is 0 Å². The SMILES string of the molecule is CC(C)COC(=O)CN(C(=O)Nc1cc(Cl)cc(Cl)c1)C(=O)NC(C)C. The Labute approximate surface area is 163 Å². The smallest absolute Gasteiger partial charge is 0.330 e. The normalized spacial score (nSPS) is 10.6. The van der Waals surface area contributed by atoms with Gasteiger partial charge in [0.25, 0.3) is 0 Å². The second kappa shape index (κ2) is 10.2. The van der Waals surface area contributed by atoms with E-state index in [1.54, 1.807) is 13.8 Å². The third-order valence-electron chi connectivity index (χ3n) is 2.88. The van der Waals surface area contributed by atoms with E-state index in [-0.39, 0.29) is 18.6 Å². The second-order valence-electron chi connectivity index (χ2n) is 6.36. The lowest BCUT2D eigenvalue weighted by molar-refractivity contribution is -0.144. The highest BCUT2D eigenvalue weighted by Crippen LogP contribution is 2.22. The number of rotatable bonds is 6. The van der Waals surface area contributed by atoms with Crippen molar-refractivity contribution < 1.29 is 19.1 Å². The maximum Gasteiger partial charge on any atom is 0.330 e. The van der Waals surface area contributed by atoms with Crippen molar-refractivity contribution >= 4 is 46.9 Å². The van der Waals surface area contributed by atoms with Gasteiger partial charge in [0, 0.05) is 21.8 Å². The second-order valence-corrected chi connectivity index (χ2v) is 7.23. The Morgan fingerprint density at radius 2 is 1.62 bits per heavy atom. The van der Waals surface area contributed by atoms with Gasteiger partial charge in [0.05, 0.1) is 6.61 Å². The molecule has 0 aliphatic rings. The average molecular weight is 404 g/mol. The monoisotopic (exact) mass is 403 g/mol. The molecule has 144 valence electrons. The predicted octanol–water partition coefficient (Wildman–Crippen LogP) is 4.14. The highest BCUT2D eigenvalue weighted by molar-refractivity contribution is 6.35. The number of imide groups is 1. The summed E-state index contributed by atoms with van der Waals surface area (Å²) < 4.78 is 5.04. The molecule has 7 nitrogen and oxygen atoms in total. The summed E-state index contributed by atoms with van der Waals surface area (Å²) >= 11 is 11.8. The van der Waals surface area contributed by atoms with E-state index in [9.17, 15) is 14.4 Å². The lowest BCUT2D eigenvalue weighted by Gasteiger charge is -2.22. The molecule has 0 atom stereocenters. The van der Waals surface area contributed by atoms with Crippen molar-refractivity contribution in [3.63, 3.8) is 0 Å². The fourth-order valence-electron chi connectivity index (χ4n) is 1.81. The van der Waals surface area contributed by atoms with E-state index < -0.39 is 24.6 Å². The maximum atomic E-state index is 12.5. The molecular formula is C17H23Cl2N3O4. The van der Waals surface area contributed by atoms with Crippen LogP contribution in [0, 0.1) is 5.92 Å². The number of carbonyl (C=O) groups excluding carboxylic acids is 3. The number of urea groups is 2. The maximum absolute atomic E-state index is 12.5. The molecule has 9 heteroatoms. The summed E-state index contributed by atoms with van der Waals surface area (Å²) in [7, 11) is 0. The van der Waals surface area contributed by atoms with Crippen LogP contribution in [-0.2, 0) is 9.53 Å². The molecule has 0 saturated carbocycles. The van der Waals surface area contributed by atoms with E-state index in [1.807, 2.05) is 13.8 Å². The summed E-state index contributed by atoms with van der Waals surface area (Å²) in [6, 6.07) is 2.72. The molecule has 26 heavy (non-hydrogen) atoms. The molecule has 0 bridgehead atoms.